The predicted octanol–water partition coefficient (Wildman–Crippen LogP) is 0.665. The fourth-order valence-corrected chi connectivity index (χ4v) is 1.89. The van der Waals surface area contributed by atoms with Crippen molar-refractivity contribution < 1.29 is 14.3 Å². The number of rotatable bonds is 2. The number of hydrogen-bond donors (Lipinski definition) is 0. The Labute approximate surface area is 104 Å². The molecule has 2 heterocycles. The van der Waals surface area contributed by atoms with Crippen LogP contribution in [0, 0.1) is 0 Å². The first-order valence-electron chi connectivity index (χ1n) is 5.11. The molecule has 0 aromatic carbocycles. The molecule has 1 aromatic rings. The second kappa shape index (κ2) is 5.29. The maximum atomic E-state index is 11.6. The normalized spacial score (nSPS) is 20.1. The van der Waals surface area contributed by atoms with Crippen molar-refractivity contribution in [2.75, 3.05) is 31.7 Å². The molecule has 0 radical (unpaired) electrons. The van der Waals surface area contributed by atoms with Crippen molar-refractivity contribution in [2.24, 2.45) is 0 Å². The van der Waals surface area contributed by atoms with E-state index in [1.807, 2.05) is 4.90 Å². The lowest BCUT2D eigenvalue weighted by Gasteiger charge is -2.31. The largest absolute Gasteiger partial charge is 0.465 e. The second-order valence-corrected chi connectivity index (χ2v) is 3.97. The highest BCUT2D eigenvalue weighted by molar-refractivity contribution is 6.20. The topological polar surface area (TPSA) is 64.5 Å². The monoisotopic (exact) mass is 257 g/mol. The van der Waals surface area contributed by atoms with Crippen LogP contribution in [-0.2, 0) is 9.47 Å². The van der Waals surface area contributed by atoms with Gasteiger partial charge in [0.05, 0.1) is 20.3 Å². The third kappa shape index (κ3) is 2.65. The average Bonchev–Trinajstić information content (AvgIpc) is 2.38. The van der Waals surface area contributed by atoms with Crippen LogP contribution in [0.25, 0.3) is 0 Å². The van der Waals surface area contributed by atoms with Gasteiger partial charge in [-0.1, -0.05) is 11.6 Å². The van der Waals surface area contributed by atoms with Gasteiger partial charge in [0.2, 0.25) is 0 Å². The first-order chi connectivity index (χ1) is 8.22. The number of esters is 1. The average molecular weight is 258 g/mol. The Morgan fingerprint density at radius 2 is 2.53 bits per heavy atom. The summed E-state index contributed by atoms with van der Waals surface area (Å²) < 4.78 is 9.91. The van der Waals surface area contributed by atoms with Crippen molar-refractivity contribution in [2.45, 2.75) is 5.56 Å². The SMILES string of the molecule is COC(=O)c1cncnc1N1CCOC(Cl)C1. The van der Waals surface area contributed by atoms with Crippen LogP contribution in [0.2, 0.25) is 0 Å². The summed E-state index contributed by atoms with van der Waals surface area (Å²) in [6.07, 6.45) is 2.83. The van der Waals surface area contributed by atoms with E-state index in [9.17, 15) is 4.79 Å². The molecule has 6 nitrogen and oxygen atoms in total. The van der Waals surface area contributed by atoms with E-state index in [1.165, 1.54) is 19.6 Å². The van der Waals surface area contributed by atoms with Crippen LogP contribution >= 0.6 is 11.6 Å². The third-order valence-electron chi connectivity index (χ3n) is 2.42. The van der Waals surface area contributed by atoms with Gasteiger partial charge in [0.1, 0.15) is 23.3 Å². The van der Waals surface area contributed by atoms with Crippen molar-refractivity contribution in [1.82, 2.24) is 9.97 Å². The molecule has 1 aromatic heterocycles. The summed E-state index contributed by atoms with van der Waals surface area (Å²) in [5.74, 6) is 0.0685. The number of halogens is 1. The summed E-state index contributed by atoms with van der Waals surface area (Å²) in [7, 11) is 1.32. The van der Waals surface area contributed by atoms with Crippen molar-refractivity contribution >= 4 is 23.4 Å². The molecule has 17 heavy (non-hydrogen) atoms. The fraction of sp³-hybridized carbons (Fsp3) is 0.500. The number of carbonyl (C=O) groups excluding carboxylic acids is 1. The Balaban J connectivity index is 2.27. The van der Waals surface area contributed by atoms with Crippen LogP contribution in [0.1, 0.15) is 10.4 Å². The summed E-state index contributed by atoms with van der Waals surface area (Å²) in [6.45, 7) is 1.60. The van der Waals surface area contributed by atoms with E-state index < -0.39 is 11.5 Å². The summed E-state index contributed by atoms with van der Waals surface area (Å²) in [6, 6.07) is 0. The molecule has 0 N–H and O–H groups in total. The standard InChI is InChI=1S/C10H12ClN3O3/c1-16-10(15)7-4-12-6-13-9(7)14-2-3-17-8(11)5-14/h4,6,8H,2-3,5H2,1H3. The number of alkyl halides is 1. The molecule has 0 aliphatic carbocycles. The lowest BCUT2D eigenvalue weighted by Crippen LogP contribution is -2.41. The minimum atomic E-state index is -0.460. The van der Waals surface area contributed by atoms with Gasteiger partial charge in [0, 0.05) is 12.7 Å². The fourth-order valence-electron chi connectivity index (χ4n) is 1.63. The molecule has 0 spiro atoms. The summed E-state index contributed by atoms with van der Waals surface area (Å²) in [5, 5.41) is 0. The molecule has 7 heteroatoms. The Bertz CT molecular complexity index is 416. The Hall–Kier alpha value is -1.40. The molecule has 0 saturated carbocycles. The molecule has 1 fully saturated rings. The van der Waals surface area contributed by atoms with E-state index in [2.05, 4.69) is 14.7 Å². The van der Waals surface area contributed by atoms with Crippen LogP contribution < -0.4 is 4.90 Å². The van der Waals surface area contributed by atoms with E-state index in [4.69, 9.17) is 16.3 Å². The van der Waals surface area contributed by atoms with Crippen LogP contribution in [0.5, 0.6) is 0 Å². The molecule has 1 aliphatic heterocycles. The summed E-state index contributed by atoms with van der Waals surface area (Å²) >= 11 is 5.90. The summed E-state index contributed by atoms with van der Waals surface area (Å²) in [5.41, 5.74) is -0.0648. The Morgan fingerprint density at radius 1 is 1.71 bits per heavy atom. The molecular weight excluding hydrogens is 246 g/mol. The summed E-state index contributed by atoms with van der Waals surface area (Å²) in [4.78, 5) is 21.4. The van der Waals surface area contributed by atoms with Crippen molar-refractivity contribution in [3.8, 4) is 0 Å². The molecular formula is C10H12ClN3O3. The minimum absolute atomic E-state index is 0.334. The van der Waals surface area contributed by atoms with Gasteiger partial charge in [-0.05, 0) is 0 Å². The van der Waals surface area contributed by atoms with E-state index >= 15 is 0 Å². The van der Waals surface area contributed by atoms with Crippen molar-refractivity contribution in [3.63, 3.8) is 0 Å². The molecule has 0 bridgehead atoms. The van der Waals surface area contributed by atoms with Crippen LogP contribution in [0.3, 0.4) is 0 Å². The highest BCUT2D eigenvalue weighted by Crippen LogP contribution is 2.20. The van der Waals surface area contributed by atoms with Crippen LogP contribution in [-0.4, -0.2) is 48.3 Å². The van der Waals surface area contributed by atoms with Gasteiger partial charge in [-0.15, -0.1) is 0 Å². The number of carbonyl (C=O) groups is 1. The molecule has 2 rings (SSSR count). The smallest absolute Gasteiger partial charge is 0.343 e. The van der Waals surface area contributed by atoms with E-state index in [0.717, 1.165) is 0 Å². The zero-order valence-electron chi connectivity index (χ0n) is 9.30. The number of aromatic nitrogens is 2. The highest BCUT2D eigenvalue weighted by Gasteiger charge is 2.24. The zero-order chi connectivity index (χ0) is 12.3. The maximum absolute atomic E-state index is 11.6. The van der Waals surface area contributed by atoms with Gasteiger partial charge in [-0.3, -0.25) is 0 Å². The number of anilines is 1. The number of ether oxygens (including phenoxy) is 2. The maximum Gasteiger partial charge on any atom is 0.343 e. The van der Waals surface area contributed by atoms with Gasteiger partial charge < -0.3 is 14.4 Å². The number of methoxy groups -OCH3 is 1. The van der Waals surface area contributed by atoms with Crippen molar-refractivity contribution in [3.05, 3.63) is 18.1 Å². The molecule has 1 unspecified atom stereocenters. The lowest BCUT2D eigenvalue weighted by molar-refractivity contribution is 0.0598. The molecule has 92 valence electrons. The van der Waals surface area contributed by atoms with Crippen LogP contribution in [0.15, 0.2) is 12.5 Å². The van der Waals surface area contributed by atoms with Gasteiger partial charge in [0.15, 0.2) is 0 Å². The van der Waals surface area contributed by atoms with Gasteiger partial charge in [-0.2, -0.15) is 0 Å². The van der Waals surface area contributed by atoms with Crippen LogP contribution in [0.4, 0.5) is 5.82 Å². The molecule has 1 atom stereocenters. The highest BCUT2D eigenvalue weighted by atomic mass is 35.5. The minimum Gasteiger partial charge on any atom is -0.465 e. The van der Waals surface area contributed by atoms with Gasteiger partial charge >= 0.3 is 5.97 Å². The molecule has 1 aliphatic rings. The quantitative estimate of drug-likeness (QED) is 0.573. The molecule has 1 saturated heterocycles. The van der Waals surface area contributed by atoms with E-state index in [1.54, 1.807) is 0 Å². The zero-order valence-corrected chi connectivity index (χ0v) is 10.1. The number of morpholine rings is 1. The van der Waals surface area contributed by atoms with Crippen molar-refractivity contribution in [1.29, 1.82) is 0 Å². The lowest BCUT2D eigenvalue weighted by atomic mass is 10.2. The van der Waals surface area contributed by atoms with Gasteiger partial charge in [0.25, 0.3) is 0 Å². The van der Waals surface area contributed by atoms with E-state index in [-0.39, 0.29) is 0 Å². The number of hydrogen-bond acceptors (Lipinski definition) is 6. The van der Waals surface area contributed by atoms with Gasteiger partial charge in [-0.25, -0.2) is 14.8 Å². The number of nitrogens with zero attached hydrogens (tertiary/aromatic N) is 3. The second-order valence-electron chi connectivity index (χ2n) is 3.48. The first kappa shape index (κ1) is 12.1. The first-order valence-corrected chi connectivity index (χ1v) is 5.55. The Morgan fingerprint density at radius 3 is 3.24 bits per heavy atom. The third-order valence-corrected chi connectivity index (χ3v) is 2.68. The predicted molar refractivity (Wildman–Crippen MR) is 61.2 cm³/mol. The van der Waals surface area contributed by atoms with E-state index in [0.29, 0.717) is 31.1 Å². The molecule has 0 amide bonds. The Kier molecular flexibility index (Phi) is 3.75.